The number of hydrogen-bond donors (Lipinski definition) is 0. The highest BCUT2D eigenvalue weighted by Crippen LogP contribution is 2.26. The minimum Gasteiger partial charge on any atom is -0.184 e. The molecule has 0 aliphatic heterocycles. The van der Waals surface area contributed by atoms with Crippen LogP contribution in [0.5, 0.6) is 0 Å². The molecule has 8 heteroatoms. The van der Waals surface area contributed by atoms with Crippen LogP contribution in [-0.2, 0) is 0 Å². The van der Waals surface area contributed by atoms with Crippen LogP contribution in [0.15, 0.2) is 5.21 Å². The average molecular weight is 227 g/mol. The maximum absolute atomic E-state index is 11.7. The second-order valence-corrected chi connectivity index (χ2v) is 2.13. The van der Waals surface area contributed by atoms with E-state index in [9.17, 15) is 22.2 Å². The summed E-state index contributed by atoms with van der Waals surface area (Å²) < 4.78 is 56.6. The van der Waals surface area contributed by atoms with Gasteiger partial charge in [0, 0.05) is 0 Å². The van der Waals surface area contributed by atoms with E-state index in [0.29, 0.717) is 0 Å². The summed E-state index contributed by atoms with van der Waals surface area (Å²) in [5, 5.41) is -0.962. The fourth-order valence-electron chi connectivity index (χ4n) is 0.172. The van der Waals surface area contributed by atoms with Crippen LogP contribution in [0.3, 0.4) is 0 Å². The lowest BCUT2D eigenvalue weighted by Crippen LogP contribution is -2.29. The van der Waals surface area contributed by atoms with Crippen LogP contribution in [0.25, 0.3) is 0 Å². The van der Waals surface area contributed by atoms with Crippen LogP contribution in [0, 0.1) is 0 Å². The molecule has 0 saturated carbocycles. The summed E-state index contributed by atoms with van der Waals surface area (Å²) in [6, 6.07) is 0. The van der Waals surface area contributed by atoms with Gasteiger partial charge in [0.25, 0.3) is 5.84 Å². The fourth-order valence-corrected chi connectivity index (χ4v) is 0.373. The SMILES string of the molecule is FN=C(N(F)F)C(F)(F)Br. The quantitative estimate of drug-likeness (QED) is 0.220. The monoisotopic (exact) mass is 226 g/mol. The molecule has 0 unspecified atom stereocenters. The predicted molar refractivity (Wildman–Crippen MR) is 26.5 cm³/mol. The first-order valence-corrected chi connectivity index (χ1v) is 2.56. The third-order valence-electron chi connectivity index (χ3n) is 0.494. The number of halogens is 6. The van der Waals surface area contributed by atoms with E-state index in [1.807, 2.05) is 0 Å². The first-order valence-electron chi connectivity index (χ1n) is 1.77. The number of alkyl halides is 3. The average Bonchev–Trinajstić information content (AvgIpc) is 1.60. The maximum atomic E-state index is 11.7. The Balaban J connectivity index is 4.40. The molecule has 0 fully saturated rings. The van der Waals surface area contributed by atoms with Crippen molar-refractivity contribution in [3.05, 3.63) is 0 Å². The smallest absolute Gasteiger partial charge is 0.184 e. The van der Waals surface area contributed by atoms with Crippen LogP contribution in [-0.4, -0.2) is 16.0 Å². The molecule has 0 radical (unpaired) electrons. The van der Waals surface area contributed by atoms with Crippen molar-refractivity contribution in [2.24, 2.45) is 5.21 Å². The zero-order chi connectivity index (χ0) is 8.36. The Morgan fingerprint density at radius 2 is 1.80 bits per heavy atom. The summed E-state index contributed by atoms with van der Waals surface area (Å²) in [5.41, 5.74) is 0. The Morgan fingerprint density at radius 3 is 1.80 bits per heavy atom. The zero-order valence-corrected chi connectivity index (χ0v) is 5.75. The first-order chi connectivity index (χ1) is 4.39. The van der Waals surface area contributed by atoms with Crippen LogP contribution in [0.2, 0.25) is 0 Å². The molecule has 10 heavy (non-hydrogen) atoms. The maximum Gasteiger partial charge on any atom is 0.365 e. The molecule has 2 nitrogen and oxygen atoms in total. The minimum absolute atomic E-state index is 1.15. The van der Waals surface area contributed by atoms with E-state index in [2.05, 4.69) is 0 Å². The van der Waals surface area contributed by atoms with Crippen molar-refractivity contribution in [2.75, 3.05) is 0 Å². The van der Waals surface area contributed by atoms with Gasteiger partial charge >= 0.3 is 4.83 Å². The van der Waals surface area contributed by atoms with Gasteiger partial charge in [-0.25, -0.2) is 0 Å². The molecule has 0 aliphatic carbocycles. The van der Waals surface area contributed by atoms with Crippen molar-refractivity contribution in [1.29, 1.82) is 0 Å². The molecule has 0 aromatic carbocycles. The molecule has 0 saturated heterocycles. The normalized spacial score (nSPS) is 13.6. The second-order valence-electron chi connectivity index (χ2n) is 1.14. The molecule has 0 amide bonds. The molecule has 0 N–H and O–H groups in total. The van der Waals surface area contributed by atoms with Gasteiger partial charge in [-0.05, 0) is 21.3 Å². The lowest BCUT2D eigenvalue weighted by atomic mass is 10.6. The van der Waals surface area contributed by atoms with Gasteiger partial charge in [-0.1, -0.05) is 18.7 Å². The van der Waals surface area contributed by atoms with Crippen LogP contribution in [0.1, 0.15) is 0 Å². The standard InChI is InChI=1S/C2BrF5N2/c3-2(4,5)1(9-6)10(7)8. The Bertz CT molecular complexity index is 139. The molecule has 0 bridgehead atoms. The van der Waals surface area contributed by atoms with Crippen LogP contribution >= 0.6 is 15.9 Å². The van der Waals surface area contributed by atoms with E-state index in [4.69, 9.17) is 0 Å². The predicted octanol–water partition coefficient (Wildman–Crippen LogP) is 2.33. The van der Waals surface area contributed by atoms with Crippen molar-refractivity contribution >= 4 is 21.8 Å². The van der Waals surface area contributed by atoms with E-state index in [1.54, 1.807) is 0 Å². The molecule has 0 heterocycles. The minimum atomic E-state index is -4.15. The van der Waals surface area contributed by atoms with E-state index in [1.165, 1.54) is 15.9 Å². The van der Waals surface area contributed by atoms with Crippen molar-refractivity contribution in [2.45, 2.75) is 4.83 Å². The van der Waals surface area contributed by atoms with E-state index in [-0.39, 0.29) is 0 Å². The van der Waals surface area contributed by atoms with Crippen molar-refractivity contribution < 1.29 is 22.2 Å². The molecule has 0 atom stereocenters. The lowest BCUT2D eigenvalue weighted by Gasteiger charge is -2.08. The third-order valence-corrected chi connectivity index (χ3v) is 0.848. The van der Waals surface area contributed by atoms with Gasteiger partial charge in [0.2, 0.25) is 0 Å². The van der Waals surface area contributed by atoms with Crippen LogP contribution in [0.4, 0.5) is 22.2 Å². The highest BCUT2D eigenvalue weighted by Gasteiger charge is 2.39. The molecule has 60 valence electrons. The third kappa shape index (κ3) is 2.46. The molecular weight excluding hydrogens is 227 g/mol. The first kappa shape index (κ1) is 9.60. The van der Waals surface area contributed by atoms with Gasteiger partial charge in [-0.3, -0.25) is 0 Å². The van der Waals surface area contributed by atoms with Crippen molar-refractivity contribution in [3.63, 3.8) is 0 Å². The van der Waals surface area contributed by atoms with Gasteiger partial charge in [0.15, 0.2) is 0 Å². The zero-order valence-electron chi connectivity index (χ0n) is 4.16. The summed E-state index contributed by atoms with van der Waals surface area (Å²) in [5.74, 6) is -2.28. The molecule has 0 aromatic rings. The molecule has 0 rings (SSSR count). The van der Waals surface area contributed by atoms with Gasteiger partial charge < -0.3 is 0 Å². The topological polar surface area (TPSA) is 15.6 Å². The summed E-state index contributed by atoms with van der Waals surface area (Å²) >= 11 is 1.48. The molecule has 0 aliphatic rings. The van der Waals surface area contributed by atoms with E-state index in [0.717, 1.165) is 5.21 Å². The Hall–Kier alpha value is -0.400. The molecule has 0 aromatic heterocycles. The number of hydrogen-bond acceptors (Lipinski definition) is 1. The van der Waals surface area contributed by atoms with Gasteiger partial charge in [-0.15, -0.1) is 0 Å². The fraction of sp³-hybridized carbons (Fsp3) is 0.500. The molecule has 0 spiro atoms. The number of nitrogens with zero attached hydrogens (tertiary/aromatic N) is 2. The number of rotatable bonds is 1. The lowest BCUT2D eigenvalue weighted by molar-refractivity contribution is -0.0893. The van der Waals surface area contributed by atoms with Gasteiger partial charge in [-0.2, -0.15) is 8.78 Å². The highest BCUT2D eigenvalue weighted by molar-refractivity contribution is 9.10. The summed E-state index contributed by atoms with van der Waals surface area (Å²) in [7, 11) is 0. The van der Waals surface area contributed by atoms with E-state index >= 15 is 0 Å². The van der Waals surface area contributed by atoms with Crippen LogP contribution < -0.4 is 0 Å². The summed E-state index contributed by atoms with van der Waals surface area (Å²) in [4.78, 5) is -4.15. The molecular formula is C2BrF5N2. The largest absolute Gasteiger partial charge is 0.365 e. The van der Waals surface area contributed by atoms with Gasteiger partial charge in [0.1, 0.15) is 0 Å². The Morgan fingerprint density at radius 1 is 1.40 bits per heavy atom. The van der Waals surface area contributed by atoms with Gasteiger partial charge in [0.05, 0.1) is 0 Å². The van der Waals surface area contributed by atoms with E-state index < -0.39 is 16.0 Å². The van der Waals surface area contributed by atoms with Crippen molar-refractivity contribution in [3.8, 4) is 0 Å². The highest BCUT2D eigenvalue weighted by atomic mass is 79.9. The Labute approximate surface area is 60.3 Å². The second kappa shape index (κ2) is 3.13. The summed E-state index contributed by atoms with van der Waals surface area (Å²) in [6.45, 7) is 0. The van der Waals surface area contributed by atoms with Crippen molar-refractivity contribution in [1.82, 2.24) is 5.34 Å². The summed E-state index contributed by atoms with van der Waals surface area (Å²) in [6.07, 6.45) is 0. The number of amidine groups is 1. The Kier molecular flexibility index (Phi) is 3.00.